The predicted octanol–water partition coefficient (Wildman–Crippen LogP) is 2.51. The number of carbonyl (C=O) groups excluding carboxylic acids is 1. The summed E-state index contributed by atoms with van der Waals surface area (Å²) in [7, 11) is 0. The third-order valence-electron chi connectivity index (χ3n) is 4.88. The Hall–Kier alpha value is -1.92. The van der Waals surface area contributed by atoms with E-state index in [0.717, 1.165) is 44.6 Å². The zero-order valence-electron chi connectivity index (χ0n) is 15.7. The minimum atomic E-state index is -0.153. The molecule has 3 rings (SSSR count). The van der Waals surface area contributed by atoms with Gasteiger partial charge < -0.3 is 19.8 Å². The van der Waals surface area contributed by atoms with E-state index in [4.69, 9.17) is 9.57 Å². The average molecular weight is 359 g/mol. The van der Waals surface area contributed by atoms with Gasteiger partial charge in [0.1, 0.15) is 5.71 Å². The number of rotatable bonds is 7. The van der Waals surface area contributed by atoms with Crippen LogP contribution >= 0.6 is 0 Å². The Bertz CT molecular complexity index is 610. The highest BCUT2D eigenvalue weighted by Crippen LogP contribution is 2.27. The van der Waals surface area contributed by atoms with E-state index in [2.05, 4.69) is 29.2 Å². The molecule has 1 aromatic carbocycles. The molecule has 6 nitrogen and oxygen atoms in total. The molecule has 142 valence electrons. The van der Waals surface area contributed by atoms with Crippen molar-refractivity contribution in [1.29, 1.82) is 0 Å². The van der Waals surface area contributed by atoms with Crippen molar-refractivity contribution < 1.29 is 14.4 Å². The van der Waals surface area contributed by atoms with Crippen molar-refractivity contribution in [3.05, 3.63) is 35.9 Å². The lowest BCUT2D eigenvalue weighted by Crippen LogP contribution is -2.47. The van der Waals surface area contributed by atoms with E-state index in [-0.39, 0.29) is 24.2 Å². The van der Waals surface area contributed by atoms with Gasteiger partial charge in [0.25, 0.3) is 5.91 Å². The van der Waals surface area contributed by atoms with Crippen LogP contribution < -0.4 is 5.32 Å². The van der Waals surface area contributed by atoms with Gasteiger partial charge in [0.15, 0.2) is 6.10 Å². The first-order valence-electron chi connectivity index (χ1n) is 9.54. The zero-order valence-corrected chi connectivity index (χ0v) is 15.7. The lowest BCUT2D eigenvalue weighted by molar-refractivity contribution is -0.115. The van der Waals surface area contributed by atoms with Crippen molar-refractivity contribution >= 4 is 11.6 Å². The minimum Gasteiger partial charge on any atom is -0.387 e. The summed E-state index contributed by atoms with van der Waals surface area (Å²) in [5.41, 5.74) is 1.54. The van der Waals surface area contributed by atoms with Crippen molar-refractivity contribution in [3.63, 3.8) is 0 Å². The van der Waals surface area contributed by atoms with E-state index in [1.165, 1.54) is 0 Å². The Kier molecular flexibility index (Phi) is 6.63. The Morgan fingerprint density at radius 2 is 2.04 bits per heavy atom. The number of piperidine rings is 1. The van der Waals surface area contributed by atoms with Gasteiger partial charge in [-0.3, -0.25) is 4.79 Å². The molecular weight excluding hydrogens is 330 g/mol. The Morgan fingerprint density at radius 1 is 1.31 bits per heavy atom. The molecule has 0 radical (unpaired) electrons. The SMILES string of the molecule is CC(C)OCCN1CCC(NC(=O)C2=NO[C@H](c3ccccc3)C2)CC1. The summed E-state index contributed by atoms with van der Waals surface area (Å²) in [6.45, 7) is 7.81. The van der Waals surface area contributed by atoms with Crippen LogP contribution in [0.25, 0.3) is 0 Å². The normalized spacial score (nSPS) is 21.5. The molecule has 0 aromatic heterocycles. The summed E-state index contributed by atoms with van der Waals surface area (Å²) in [4.78, 5) is 20.3. The molecule has 26 heavy (non-hydrogen) atoms. The third-order valence-corrected chi connectivity index (χ3v) is 4.88. The molecule has 6 heteroatoms. The summed E-state index contributed by atoms with van der Waals surface area (Å²) >= 11 is 0. The van der Waals surface area contributed by atoms with Crippen LogP contribution in [0.2, 0.25) is 0 Å². The van der Waals surface area contributed by atoms with E-state index < -0.39 is 0 Å². The zero-order chi connectivity index (χ0) is 18.4. The smallest absolute Gasteiger partial charge is 0.269 e. The number of amides is 1. The Balaban J connectivity index is 1.38. The first-order chi connectivity index (χ1) is 12.6. The summed E-state index contributed by atoms with van der Waals surface area (Å²) in [5, 5.41) is 7.13. The molecular formula is C20H29N3O3. The molecule has 1 N–H and O–H groups in total. The molecule has 0 saturated carbocycles. The minimum absolute atomic E-state index is 0.0926. The maximum absolute atomic E-state index is 12.5. The van der Waals surface area contributed by atoms with Crippen LogP contribution in [0.15, 0.2) is 35.5 Å². The molecule has 1 aromatic rings. The van der Waals surface area contributed by atoms with E-state index in [1.54, 1.807) is 0 Å². The van der Waals surface area contributed by atoms with Crippen molar-refractivity contribution in [2.75, 3.05) is 26.2 Å². The van der Waals surface area contributed by atoms with Crippen LogP contribution in [0.5, 0.6) is 0 Å². The molecule has 1 atom stereocenters. The second kappa shape index (κ2) is 9.14. The van der Waals surface area contributed by atoms with Crippen molar-refractivity contribution in [2.45, 2.75) is 51.4 Å². The van der Waals surface area contributed by atoms with Crippen LogP contribution in [0, 0.1) is 0 Å². The number of nitrogens with zero attached hydrogens (tertiary/aromatic N) is 2. The number of hydrogen-bond acceptors (Lipinski definition) is 5. The number of hydrogen-bond donors (Lipinski definition) is 1. The van der Waals surface area contributed by atoms with Crippen LogP contribution in [0.1, 0.15) is 44.8 Å². The van der Waals surface area contributed by atoms with Crippen LogP contribution in [-0.2, 0) is 14.4 Å². The molecule has 0 bridgehead atoms. The molecule has 1 amide bonds. The van der Waals surface area contributed by atoms with Crippen molar-refractivity contribution in [2.24, 2.45) is 5.16 Å². The standard InChI is InChI=1S/C20H29N3O3/c1-15(2)25-13-12-23-10-8-17(9-11-23)21-20(24)18-14-19(26-22-18)16-6-4-3-5-7-16/h3-7,15,17,19H,8-14H2,1-2H3,(H,21,24)/t19-/m0/s1. The number of carbonyl (C=O) groups is 1. The van der Waals surface area contributed by atoms with Gasteiger partial charge in [-0.15, -0.1) is 0 Å². The second-order valence-electron chi connectivity index (χ2n) is 7.26. The summed E-state index contributed by atoms with van der Waals surface area (Å²) in [6, 6.07) is 10.1. The summed E-state index contributed by atoms with van der Waals surface area (Å²) in [6.07, 6.45) is 2.58. The maximum Gasteiger partial charge on any atom is 0.269 e. The Morgan fingerprint density at radius 3 is 2.73 bits per heavy atom. The van der Waals surface area contributed by atoms with Gasteiger partial charge in [-0.2, -0.15) is 0 Å². The van der Waals surface area contributed by atoms with Gasteiger partial charge in [0.05, 0.1) is 12.7 Å². The highest BCUT2D eigenvalue weighted by atomic mass is 16.6. The maximum atomic E-state index is 12.5. The lowest BCUT2D eigenvalue weighted by atomic mass is 10.0. The first kappa shape index (κ1) is 18.9. The molecule has 0 unspecified atom stereocenters. The number of oxime groups is 1. The molecule has 1 fully saturated rings. The number of benzene rings is 1. The van der Waals surface area contributed by atoms with Gasteiger partial charge in [-0.25, -0.2) is 0 Å². The number of nitrogens with one attached hydrogen (secondary N) is 1. The topological polar surface area (TPSA) is 63.2 Å². The summed E-state index contributed by atoms with van der Waals surface area (Å²) in [5.74, 6) is -0.0926. The second-order valence-corrected chi connectivity index (χ2v) is 7.26. The van der Waals surface area contributed by atoms with Gasteiger partial charge in [-0.1, -0.05) is 35.5 Å². The van der Waals surface area contributed by atoms with Crippen LogP contribution in [-0.4, -0.2) is 54.9 Å². The molecule has 0 spiro atoms. The molecule has 2 aliphatic rings. The number of ether oxygens (including phenoxy) is 1. The van der Waals surface area contributed by atoms with Gasteiger partial charge in [-0.05, 0) is 32.3 Å². The van der Waals surface area contributed by atoms with Gasteiger partial charge in [0.2, 0.25) is 0 Å². The molecule has 1 saturated heterocycles. The van der Waals surface area contributed by atoms with Gasteiger partial charge in [0, 0.05) is 32.1 Å². The first-order valence-corrected chi connectivity index (χ1v) is 9.54. The van der Waals surface area contributed by atoms with Crippen LogP contribution in [0.4, 0.5) is 0 Å². The van der Waals surface area contributed by atoms with Crippen LogP contribution in [0.3, 0.4) is 0 Å². The van der Waals surface area contributed by atoms with E-state index in [9.17, 15) is 4.79 Å². The fourth-order valence-electron chi connectivity index (χ4n) is 3.35. The van der Waals surface area contributed by atoms with E-state index >= 15 is 0 Å². The number of likely N-dealkylation sites (tertiary alicyclic amines) is 1. The van der Waals surface area contributed by atoms with E-state index in [1.807, 2.05) is 30.3 Å². The van der Waals surface area contributed by atoms with Gasteiger partial charge >= 0.3 is 0 Å². The largest absolute Gasteiger partial charge is 0.387 e. The third kappa shape index (κ3) is 5.29. The fourth-order valence-corrected chi connectivity index (χ4v) is 3.35. The average Bonchev–Trinajstić information content (AvgIpc) is 3.14. The molecule has 0 aliphatic carbocycles. The molecule has 2 aliphatic heterocycles. The monoisotopic (exact) mass is 359 g/mol. The lowest BCUT2D eigenvalue weighted by Gasteiger charge is -2.32. The summed E-state index contributed by atoms with van der Waals surface area (Å²) < 4.78 is 5.61. The molecule has 2 heterocycles. The Labute approximate surface area is 155 Å². The van der Waals surface area contributed by atoms with Crippen molar-refractivity contribution in [3.8, 4) is 0 Å². The highest BCUT2D eigenvalue weighted by molar-refractivity contribution is 6.39. The quantitative estimate of drug-likeness (QED) is 0.812. The van der Waals surface area contributed by atoms with E-state index in [0.29, 0.717) is 12.1 Å². The highest BCUT2D eigenvalue weighted by Gasteiger charge is 2.29. The predicted molar refractivity (Wildman–Crippen MR) is 101 cm³/mol. The fraction of sp³-hybridized carbons (Fsp3) is 0.600. The van der Waals surface area contributed by atoms with Crippen molar-refractivity contribution in [1.82, 2.24) is 10.2 Å².